The Kier molecular flexibility index (Phi) is 2.49. The average Bonchev–Trinajstić information content (AvgIpc) is 1.94. The van der Waals surface area contributed by atoms with Crippen molar-refractivity contribution in [2.24, 2.45) is 0 Å². The van der Waals surface area contributed by atoms with Gasteiger partial charge in [0.1, 0.15) is 0 Å². The van der Waals surface area contributed by atoms with Gasteiger partial charge in [-0.25, -0.2) is 4.79 Å². The summed E-state index contributed by atoms with van der Waals surface area (Å²) in [5, 5.41) is -0.201. The lowest BCUT2D eigenvalue weighted by atomic mass is 10.7. The summed E-state index contributed by atoms with van der Waals surface area (Å²) in [6.07, 6.45) is 1.22. The molecular weight excluding hydrogens is 180 g/mol. The van der Waals surface area contributed by atoms with Crippen molar-refractivity contribution < 1.29 is 4.79 Å². The van der Waals surface area contributed by atoms with E-state index in [4.69, 9.17) is 0 Å². The molecule has 0 atom stereocenters. The van der Waals surface area contributed by atoms with E-state index in [1.165, 1.54) is 13.1 Å². The minimum absolute atomic E-state index is 0.196. The Balaban J connectivity index is 3.10. The molecule has 0 spiro atoms. The molecule has 12 heavy (non-hydrogen) atoms. The SMILES string of the molecule is CC(=O)Sc1c[nH]c(=O)[nH]c1=O. The molecule has 2 N–H and O–H groups in total. The van der Waals surface area contributed by atoms with Gasteiger partial charge in [-0.1, -0.05) is 0 Å². The molecule has 0 bridgehead atoms. The highest BCUT2D eigenvalue weighted by Gasteiger charge is 2.02. The van der Waals surface area contributed by atoms with Crippen LogP contribution in [0.5, 0.6) is 0 Å². The maximum atomic E-state index is 10.9. The van der Waals surface area contributed by atoms with Crippen LogP contribution in [0.25, 0.3) is 0 Å². The maximum Gasteiger partial charge on any atom is 0.325 e. The van der Waals surface area contributed by atoms with Gasteiger partial charge in [0.05, 0.1) is 4.90 Å². The number of aromatic amines is 2. The first-order valence-electron chi connectivity index (χ1n) is 3.10. The van der Waals surface area contributed by atoms with E-state index in [0.717, 1.165) is 11.8 Å². The Morgan fingerprint density at radius 3 is 2.67 bits per heavy atom. The summed E-state index contributed by atoms with van der Waals surface area (Å²) >= 11 is 0.781. The van der Waals surface area contributed by atoms with Crippen LogP contribution in [0.1, 0.15) is 6.92 Å². The second-order valence-electron chi connectivity index (χ2n) is 2.03. The van der Waals surface area contributed by atoms with Crippen LogP contribution in [-0.4, -0.2) is 15.1 Å². The first-order valence-corrected chi connectivity index (χ1v) is 3.91. The minimum Gasteiger partial charge on any atom is -0.313 e. The smallest absolute Gasteiger partial charge is 0.313 e. The highest BCUT2D eigenvalue weighted by Crippen LogP contribution is 2.10. The number of H-pyrrole nitrogens is 2. The predicted octanol–water partition coefficient (Wildman–Crippen LogP) is -0.298. The van der Waals surface area contributed by atoms with Crippen molar-refractivity contribution >= 4 is 16.9 Å². The number of thioether (sulfide) groups is 1. The number of nitrogens with one attached hydrogen (secondary N) is 2. The molecule has 0 radical (unpaired) electrons. The summed E-state index contributed by atoms with van der Waals surface area (Å²) in [5.74, 6) is 0. The number of carbonyl (C=O) groups is 1. The highest BCUT2D eigenvalue weighted by atomic mass is 32.2. The highest BCUT2D eigenvalue weighted by molar-refractivity contribution is 8.13. The Labute approximate surface area is 71.2 Å². The molecule has 0 aromatic carbocycles. The summed E-state index contributed by atoms with van der Waals surface area (Å²) in [6, 6.07) is 0. The zero-order valence-electron chi connectivity index (χ0n) is 6.21. The molecule has 1 rings (SSSR count). The number of aromatic nitrogens is 2. The number of hydrogen-bond acceptors (Lipinski definition) is 4. The van der Waals surface area contributed by atoms with Gasteiger partial charge in [-0.05, 0) is 11.8 Å². The van der Waals surface area contributed by atoms with E-state index in [1.54, 1.807) is 0 Å². The quantitative estimate of drug-likeness (QED) is 0.590. The van der Waals surface area contributed by atoms with E-state index in [2.05, 4.69) is 4.98 Å². The van der Waals surface area contributed by atoms with Crippen molar-refractivity contribution in [2.45, 2.75) is 11.8 Å². The lowest BCUT2D eigenvalue weighted by molar-refractivity contribution is -0.109. The fourth-order valence-corrected chi connectivity index (χ4v) is 1.20. The topological polar surface area (TPSA) is 82.8 Å². The van der Waals surface area contributed by atoms with Crippen LogP contribution in [-0.2, 0) is 4.79 Å². The average molecular weight is 186 g/mol. The predicted molar refractivity (Wildman–Crippen MR) is 44.2 cm³/mol. The van der Waals surface area contributed by atoms with Crippen LogP contribution in [0, 0.1) is 0 Å². The molecule has 0 fully saturated rings. The van der Waals surface area contributed by atoms with Crippen LogP contribution in [0.3, 0.4) is 0 Å². The molecular formula is C6H6N2O3S. The zero-order chi connectivity index (χ0) is 9.14. The molecule has 1 aromatic heterocycles. The summed E-state index contributed by atoms with van der Waals surface area (Å²) < 4.78 is 0. The summed E-state index contributed by atoms with van der Waals surface area (Å²) in [5.41, 5.74) is -1.12. The summed E-state index contributed by atoms with van der Waals surface area (Å²) in [6.45, 7) is 1.34. The molecule has 64 valence electrons. The van der Waals surface area contributed by atoms with E-state index in [-0.39, 0.29) is 10.0 Å². The number of hydrogen-bond donors (Lipinski definition) is 2. The second-order valence-corrected chi connectivity index (χ2v) is 3.25. The van der Waals surface area contributed by atoms with Crippen molar-refractivity contribution in [3.8, 4) is 0 Å². The van der Waals surface area contributed by atoms with Crippen LogP contribution >= 0.6 is 11.8 Å². The Bertz CT molecular complexity index is 406. The van der Waals surface area contributed by atoms with Gasteiger partial charge in [-0.3, -0.25) is 14.6 Å². The van der Waals surface area contributed by atoms with Gasteiger partial charge in [0.2, 0.25) is 0 Å². The normalized spacial score (nSPS) is 9.75. The van der Waals surface area contributed by atoms with Gasteiger partial charge in [-0.15, -0.1) is 0 Å². The fraction of sp³-hybridized carbons (Fsp3) is 0.167. The largest absolute Gasteiger partial charge is 0.325 e. The van der Waals surface area contributed by atoms with Gasteiger partial charge >= 0.3 is 5.69 Å². The lowest BCUT2D eigenvalue weighted by Crippen LogP contribution is -2.22. The number of carbonyl (C=O) groups excluding carboxylic acids is 1. The van der Waals surface area contributed by atoms with E-state index in [1.807, 2.05) is 4.98 Å². The third-order valence-electron chi connectivity index (χ3n) is 1.04. The Morgan fingerprint density at radius 1 is 1.50 bits per heavy atom. The van der Waals surface area contributed by atoms with E-state index >= 15 is 0 Å². The number of rotatable bonds is 1. The monoisotopic (exact) mass is 186 g/mol. The molecule has 0 saturated carbocycles. The van der Waals surface area contributed by atoms with Crippen molar-refractivity contribution in [1.82, 2.24) is 9.97 Å². The van der Waals surface area contributed by atoms with Gasteiger partial charge < -0.3 is 4.98 Å². The van der Waals surface area contributed by atoms with Crippen molar-refractivity contribution in [3.63, 3.8) is 0 Å². The van der Waals surface area contributed by atoms with Gasteiger partial charge in [0.15, 0.2) is 5.12 Å². The third-order valence-corrected chi connectivity index (χ3v) is 1.85. The van der Waals surface area contributed by atoms with Gasteiger partial charge in [0, 0.05) is 13.1 Å². The van der Waals surface area contributed by atoms with Gasteiger partial charge in [-0.2, -0.15) is 0 Å². The van der Waals surface area contributed by atoms with Crippen molar-refractivity contribution in [3.05, 3.63) is 27.0 Å². The molecule has 1 heterocycles. The maximum absolute atomic E-state index is 10.9. The molecule has 0 saturated heterocycles. The first kappa shape index (κ1) is 8.79. The van der Waals surface area contributed by atoms with Crippen LogP contribution < -0.4 is 11.2 Å². The molecule has 5 nitrogen and oxygen atoms in total. The summed E-state index contributed by atoms with van der Waals surface area (Å²) in [7, 11) is 0. The molecule has 0 aliphatic heterocycles. The van der Waals surface area contributed by atoms with E-state index in [0.29, 0.717) is 0 Å². The Morgan fingerprint density at radius 2 is 2.17 bits per heavy atom. The molecule has 6 heteroatoms. The van der Waals surface area contributed by atoms with Crippen LogP contribution in [0.4, 0.5) is 0 Å². The standard InChI is InChI=1S/C6H6N2O3S/c1-3(9)12-4-2-7-6(11)8-5(4)10/h2H,1H3,(H2,7,8,10,11). The Hall–Kier alpha value is -1.30. The van der Waals surface area contributed by atoms with E-state index in [9.17, 15) is 14.4 Å². The van der Waals surface area contributed by atoms with Gasteiger partial charge in [0.25, 0.3) is 5.56 Å². The first-order chi connectivity index (χ1) is 5.59. The third kappa shape index (κ3) is 2.09. The van der Waals surface area contributed by atoms with Crippen molar-refractivity contribution in [1.29, 1.82) is 0 Å². The molecule has 0 amide bonds. The molecule has 0 aliphatic rings. The summed E-state index contributed by atoms with van der Waals surface area (Å²) in [4.78, 5) is 36.5. The zero-order valence-corrected chi connectivity index (χ0v) is 7.03. The van der Waals surface area contributed by atoms with Crippen molar-refractivity contribution in [2.75, 3.05) is 0 Å². The molecule has 0 unspecified atom stereocenters. The lowest BCUT2D eigenvalue weighted by Gasteiger charge is -1.92. The van der Waals surface area contributed by atoms with E-state index < -0.39 is 11.2 Å². The van der Waals surface area contributed by atoms with Crippen LogP contribution in [0.2, 0.25) is 0 Å². The van der Waals surface area contributed by atoms with Crippen LogP contribution in [0.15, 0.2) is 20.7 Å². The second kappa shape index (κ2) is 3.40. The fourth-order valence-electron chi connectivity index (χ4n) is 0.628. The molecule has 1 aromatic rings. The minimum atomic E-state index is -0.576. The molecule has 0 aliphatic carbocycles.